The Balaban J connectivity index is 2.00. The molecular formula is C15H16O4. The molecule has 100 valence electrons. The Morgan fingerprint density at radius 1 is 1.16 bits per heavy atom. The van der Waals surface area contributed by atoms with Gasteiger partial charge in [-0.1, -0.05) is 18.2 Å². The molecule has 4 heteroatoms. The number of carbonyl (C=O) groups is 2. The minimum absolute atomic E-state index is 0.0811. The van der Waals surface area contributed by atoms with Crippen molar-refractivity contribution in [2.75, 3.05) is 0 Å². The third kappa shape index (κ3) is 3.95. The minimum atomic E-state index is -0.402. The van der Waals surface area contributed by atoms with Gasteiger partial charge < -0.3 is 9.47 Å². The van der Waals surface area contributed by atoms with Crippen LogP contribution < -0.4 is 9.47 Å². The number of rotatable bonds is 3. The van der Waals surface area contributed by atoms with Gasteiger partial charge in [0.2, 0.25) is 0 Å². The number of hydrogen-bond donors (Lipinski definition) is 0. The Kier molecular flexibility index (Phi) is 4.34. The molecule has 1 aromatic carbocycles. The van der Waals surface area contributed by atoms with Crippen molar-refractivity contribution in [1.82, 2.24) is 0 Å². The van der Waals surface area contributed by atoms with Crippen molar-refractivity contribution < 1.29 is 19.1 Å². The lowest BCUT2D eigenvalue weighted by Gasteiger charge is -2.16. The van der Waals surface area contributed by atoms with Gasteiger partial charge in [-0.3, -0.25) is 9.59 Å². The summed E-state index contributed by atoms with van der Waals surface area (Å²) in [5, 5.41) is 0. The first-order valence-corrected chi connectivity index (χ1v) is 6.30. The van der Waals surface area contributed by atoms with Crippen molar-refractivity contribution in [2.24, 2.45) is 5.92 Å². The van der Waals surface area contributed by atoms with Gasteiger partial charge >= 0.3 is 11.9 Å². The van der Waals surface area contributed by atoms with E-state index in [9.17, 15) is 9.59 Å². The van der Waals surface area contributed by atoms with E-state index in [1.165, 1.54) is 13.0 Å². The fourth-order valence-electron chi connectivity index (χ4n) is 1.97. The molecule has 0 unspecified atom stereocenters. The van der Waals surface area contributed by atoms with Crippen molar-refractivity contribution in [3.05, 3.63) is 36.4 Å². The summed E-state index contributed by atoms with van der Waals surface area (Å²) in [4.78, 5) is 22.8. The second kappa shape index (κ2) is 6.18. The highest BCUT2D eigenvalue weighted by atomic mass is 16.5. The van der Waals surface area contributed by atoms with Gasteiger partial charge in [0.15, 0.2) is 0 Å². The minimum Gasteiger partial charge on any atom is -0.427 e. The van der Waals surface area contributed by atoms with Crippen LogP contribution in [0.15, 0.2) is 36.4 Å². The van der Waals surface area contributed by atoms with E-state index in [1.54, 1.807) is 18.2 Å². The molecule has 19 heavy (non-hydrogen) atoms. The molecule has 0 heterocycles. The van der Waals surface area contributed by atoms with Crippen LogP contribution in [-0.4, -0.2) is 11.9 Å². The number of carbonyl (C=O) groups excluding carboxylic acids is 2. The molecule has 0 saturated carbocycles. The lowest BCUT2D eigenvalue weighted by Crippen LogP contribution is -2.21. The van der Waals surface area contributed by atoms with Gasteiger partial charge in [-0.2, -0.15) is 0 Å². The van der Waals surface area contributed by atoms with Crippen LogP contribution in [-0.2, 0) is 9.59 Å². The average Bonchev–Trinajstić information content (AvgIpc) is 2.39. The van der Waals surface area contributed by atoms with Gasteiger partial charge in [-0.25, -0.2) is 0 Å². The molecule has 1 aromatic rings. The number of esters is 2. The molecule has 0 aromatic heterocycles. The molecule has 2 rings (SSSR count). The Bertz CT molecular complexity index is 505. The number of allylic oxidation sites excluding steroid dienone is 2. The van der Waals surface area contributed by atoms with Gasteiger partial charge in [0.25, 0.3) is 0 Å². The van der Waals surface area contributed by atoms with Gasteiger partial charge in [-0.15, -0.1) is 0 Å². The molecule has 0 saturated heterocycles. The maximum atomic E-state index is 11.9. The van der Waals surface area contributed by atoms with E-state index < -0.39 is 5.97 Å². The molecule has 0 aliphatic heterocycles. The first-order chi connectivity index (χ1) is 9.15. The Hall–Kier alpha value is -2.10. The normalized spacial score (nSPS) is 17.8. The topological polar surface area (TPSA) is 52.6 Å². The maximum absolute atomic E-state index is 11.9. The average molecular weight is 260 g/mol. The molecule has 0 fully saturated rings. The van der Waals surface area contributed by atoms with Crippen molar-refractivity contribution in [1.29, 1.82) is 0 Å². The Morgan fingerprint density at radius 3 is 2.53 bits per heavy atom. The van der Waals surface area contributed by atoms with E-state index in [-0.39, 0.29) is 11.9 Å². The third-order valence-corrected chi connectivity index (χ3v) is 2.89. The maximum Gasteiger partial charge on any atom is 0.314 e. The van der Waals surface area contributed by atoms with Gasteiger partial charge in [0, 0.05) is 13.0 Å². The van der Waals surface area contributed by atoms with Crippen molar-refractivity contribution in [3.63, 3.8) is 0 Å². The van der Waals surface area contributed by atoms with Crippen LogP contribution in [0.2, 0.25) is 0 Å². The summed E-state index contributed by atoms with van der Waals surface area (Å²) in [6, 6.07) is 6.53. The standard InChI is InChI=1S/C15H16O4/c1-11(16)18-13-8-5-9-14(10-13)19-15(17)12-6-3-2-4-7-12/h2-3,5,8-10,12H,4,6-7H2,1H3/t12-/m0/s1. The van der Waals surface area contributed by atoms with Crippen LogP contribution in [0.3, 0.4) is 0 Å². The molecule has 0 radical (unpaired) electrons. The highest BCUT2D eigenvalue weighted by Gasteiger charge is 2.20. The number of ether oxygens (including phenoxy) is 2. The predicted octanol–water partition coefficient (Wildman–Crippen LogP) is 2.87. The monoisotopic (exact) mass is 260 g/mol. The third-order valence-electron chi connectivity index (χ3n) is 2.89. The summed E-state index contributed by atoms with van der Waals surface area (Å²) in [7, 11) is 0. The van der Waals surface area contributed by atoms with Crippen LogP contribution in [0.1, 0.15) is 26.2 Å². The number of hydrogen-bond acceptors (Lipinski definition) is 4. The smallest absolute Gasteiger partial charge is 0.314 e. The van der Waals surface area contributed by atoms with E-state index >= 15 is 0 Å². The molecule has 1 aliphatic rings. The van der Waals surface area contributed by atoms with Crippen molar-refractivity contribution in [3.8, 4) is 11.5 Å². The second-order valence-corrected chi connectivity index (χ2v) is 4.47. The zero-order chi connectivity index (χ0) is 13.7. The van der Waals surface area contributed by atoms with E-state index in [1.807, 2.05) is 6.08 Å². The fraction of sp³-hybridized carbons (Fsp3) is 0.333. The van der Waals surface area contributed by atoms with E-state index in [4.69, 9.17) is 9.47 Å². The molecule has 1 atom stereocenters. The van der Waals surface area contributed by atoms with Crippen LogP contribution in [0.5, 0.6) is 11.5 Å². The molecule has 0 spiro atoms. The largest absolute Gasteiger partial charge is 0.427 e. The van der Waals surface area contributed by atoms with Gasteiger partial charge in [0.1, 0.15) is 11.5 Å². The zero-order valence-corrected chi connectivity index (χ0v) is 10.8. The summed E-state index contributed by atoms with van der Waals surface area (Å²) in [6.45, 7) is 1.33. The zero-order valence-electron chi connectivity index (χ0n) is 10.8. The first kappa shape index (κ1) is 13.3. The lowest BCUT2D eigenvalue weighted by atomic mass is 9.95. The van der Waals surface area contributed by atoms with Crippen LogP contribution in [0.4, 0.5) is 0 Å². The van der Waals surface area contributed by atoms with Crippen LogP contribution in [0, 0.1) is 5.92 Å². The molecule has 0 bridgehead atoms. The van der Waals surface area contributed by atoms with E-state index in [0.717, 1.165) is 19.3 Å². The number of benzene rings is 1. The summed E-state index contributed by atoms with van der Waals surface area (Å²) in [6.07, 6.45) is 6.53. The molecule has 4 nitrogen and oxygen atoms in total. The predicted molar refractivity (Wildman–Crippen MR) is 69.9 cm³/mol. The summed E-state index contributed by atoms with van der Waals surface area (Å²) in [5.41, 5.74) is 0. The summed E-state index contributed by atoms with van der Waals surface area (Å²) >= 11 is 0. The second-order valence-electron chi connectivity index (χ2n) is 4.47. The van der Waals surface area contributed by atoms with Gasteiger partial charge in [-0.05, 0) is 31.4 Å². The summed E-state index contributed by atoms with van der Waals surface area (Å²) in [5.74, 6) is 0.0623. The quantitative estimate of drug-likeness (QED) is 0.476. The molecular weight excluding hydrogens is 244 g/mol. The molecule has 0 amide bonds. The Morgan fingerprint density at radius 2 is 1.89 bits per heavy atom. The van der Waals surface area contributed by atoms with Gasteiger partial charge in [0.05, 0.1) is 5.92 Å². The SMILES string of the molecule is CC(=O)Oc1cccc(OC(=O)[C@H]2CC=CCC2)c1. The van der Waals surface area contributed by atoms with Crippen molar-refractivity contribution in [2.45, 2.75) is 26.2 Å². The lowest BCUT2D eigenvalue weighted by molar-refractivity contribution is -0.139. The molecule has 1 aliphatic carbocycles. The highest BCUT2D eigenvalue weighted by Crippen LogP contribution is 2.24. The van der Waals surface area contributed by atoms with Crippen LogP contribution in [0.25, 0.3) is 0 Å². The summed E-state index contributed by atoms with van der Waals surface area (Å²) < 4.78 is 10.3. The Labute approximate surface area is 112 Å². The van der Waals surface area contributed by atoms with Crippen molar-refractivity contribution >= 4 is 11.9 Å². The van der Waals surface area contributed by atoms with E-state index in [2.05, 4.69) is 6.08 Å². The molecule has 0 N–H and O–H groups in total. The van der Waals surface area contributed by atoms with Crippen LogP contribution >= 0.6 is 0 Å². The highest BCUT2D eigenvalue weighted by molar-refractivity contribution is 5.76. The first-order valence-electron chi connectivity index (χ1n) is 6.30. The fourth-order valence-corrected chi connectivity index (χ4v) is 1.97. The van der Waals surface area contributed by atoms with E-state index in [0.29, 0.717) is 11.5 Å².